The molecule has 0 amide bonds. The van der Waals surface area contributed by atoms with Crippen LogP contribution in [0.3, 0.4) is 0 Å². The Morgan fingerprint density at radius 2 is 1.96 bits per heavy atom. The Kier molecular flexibility index (Phi) is 4.76. The molecule has 1 aromatic carbocycles. The number of nitrogens with one attached hydrogen (secondary N) is 1. The molecule has 24 heavy (non-hydrogen) atoms. The van der Waals surface area contributed by atoms with Crippen molar-refractivity contribution in [3.63, 3.8) is 0 Å². The third kappa shape index (κ3) is 3.70. The first-order chi connectivity index (χ1) is 11.5. The van der Waals surface area contributed by atoms with E-state index in [1.54, 1.807) is 6.08 Å². The third-order valence-corrected chi connectivity index (χ3v) is 5.18. The van der Waals surface area contributed by atoms with E-state index in [-0.39, 0.29) is 17.2 Å². The van der Waals surface area contributed by atoms with Crippen molar-refractivity contribution in [1.82, 2.24) is 5.32 Å². The molecule has 2 aliphatic rings. The molecule has 0 radical (unpaired) electrons. The second-order valence-electron chi connectivity index (χ2n) is 7.82. The number of hydrogen-bond acceptors (Lipinski definition) is 3. The van der Waals surface area contributed by atoms with Crippen molar-refractivity contribution in [2.45, 2.75) is 64.3 Å². The summed E-state index contributed by atoms with van der Waals surface area (Å²) in [5, 5.41) is 12.7. The summed E-state index contributed by atoms with van der Waals surface area (Å²) < 4.78 is 0. The smallest absolute Gasteiger partial charge is 0.160 e. The average Bonchev–Trinajstić information content (AvgIpc) is 2.83. The number of nitrogens with zero attached hydrogens (tertiary/aromatic N) is 1. The molecular formula is C21H26N2O. The van der Waals surface area contributed by atoms with E-state index in [4.69, 9.17) is 0 Å². The number of fused-ring (bicyclic) bond motifs is 1. The lowest BCUT2D eigenvalue weighted by Crippen LogP contribution is -2.44. The highest BCUT2D eigenvalue weighted by molar-refractivity contribution is 5.98. The predicted molar refractivity (Wildman–Crippen MR) is 96.3 cm³/mol. The van der Waals surface area contributed by atoms with E-state index in [0.717, 1.165) is 43.4 Å². The summed E-state index contributed by atoms with van der Waals surface area (Å²) in [5.41, 5.74) is 3.65. The van der Waals surface area contributed by atoms with Crippen LogP contribution in [0.15, 0.2) is 24.3 Å². The first kappa shape index (κ1) is 16.8. The van der Waals surface area contributed by atoms with Gasteiger partial charge < -0.3 is 5.32 Å². The first-order valence-corrected chi connectivity index (χ1v) is 9.06. The fourth-order valence-electron chi connectivity index (χ4n) is 3.94. The quantitative estimate of drug-likeness (QED) is 0.650. The first-order valence-electron chi connectivity index (χ1n) is 9.06. The van der Waals surface area contributed by atoms with Crippen LogP contribution in [0, 0.1) is 17.2 Å². The summed E-state index contributed by atoms with van der Waals surface area (Å²) >= 11 is 0. The molecule has 3 heteroatoms. The van der Waals surface area contributed by atoms with Crippen LogP contribution in [0.1, 0.15) is 69.1 Å². The zero-order valence-electron chi connectivity index (χ0n) is 14.7. The SMILES string of the molecule is CC1(C)Cc2ccc(C#N)cc2C(=CC(=O)C2CCCCCC2)N1. The minimum absolute atomic E-state index is 0.0866. The number of carbonyl (C=O) groups is 1. The Hall–Kier alpha value is -2.08. The minimum atomic E-state index is -0.0866. The number of hydrogen-bond donors (Lipinski definition) is 1. The zero-order chi connectivity index (χ0) is 17.2. The summed E-state index contributed by atoms with van der Waals surface area (Å²) in [6.45, 7) is 4.30. The van der Waals surface area contributed by atoms with Crippen LogP contribution in [0.4, 0.5) is 0 Å². The van der Waals surface area contributed by atoms with Crippen molar-refractivity contribution in [2.75, 3.05) is 0 Å². The van der Waals surface area contributed by atoms with Crippen LogP contribution in [-0.2, 0) is 11.2 Å². The van der Waals surface area contributed by atoms with E-state index in [2.05, 4.69) is 25.2 Å². The van der Waals surface area contributed by atoms with Gasteiger partial charge in [0.2, 0.25) is 0 Å². The molecule has 1 heterocycles. The molecule has 3 nitrogen and oxygen atoms in total. The standard InChI is InChI=1S/C21H26N2O/c1-21(2)13-17-10-9-15(14-22)11-18(17)19(23-21)12-20(24)16-7-5-3-4-6-8-16/h9-12,16,23H,3-8,13H2,1-2H3. The van der Waals surface area contributed by atoms with Crippen LogP contribution in [0.25, 0.3) is 5.70 Å². The molecule has 1 saturated carbocycles. The lowest BCUT2D eigenvalue weighted by atomic mass is 9.84. The maximum absolute atomic E-state index is 12.8. The molecular weight excluding hydrogens is 296 g/mol. The molecule has 1 aromatic rings. The van der Waals surface area contributed by atoms with Crippen LogP contribution in [0.2, 0.25) is 0 Å². The van der Waals surface area contributed by atoms with Crippen molar-refractivity contribution < 1.29 is 4.79 Å². The van der Waals surface area contributed by atoms with Crippen LogP contribution in [0.5, 0.6) is 0 Å². The number of carbonyl (C=O) groups excluding carboxylic acids is 1. The molecule has 0 unspecified atom stereocenters. The maximum atomic E-state index is 12.8. The van der Waals surface area contributed by atoms with Crippen molar-refractivity contribution in [2.24, 2.45) is 5.92 Å². The lowest BCUT2D eigenvalue weighted by molar-refractivity contribution is -0.118. The van der Waals surface area contributed by atoms with Gasteiger partial charge in [-0.25, -0.2) is 0 Å². The van der Waals surface area contributed by atoms with Gasteiger partial charge in [-0.1, -0.05) is 31.7 Å². The Morgan fingerprint density at radius 3 is 2.62 bits per heavy atom. The largest absolute Gasteiger partial charge is 0.379 e. The lowest BCUT2D eigenvalue weighted by Gasteiger charge is -2.35. The summed E-state index contributed by atoms with van der Waals surface area (Å²) in [4.78, 5) is 12.8. The van der Waals surface area contributed by atoms with Gasteiger partial charge in [-0.2, -0.15) is 5.26 Å². The second-order valence-corrected chi connectivity index (χ2v) is 7.82. The second kappa shape index (κ2) is 6.81. The van der Waals surface area contributed by atoms with Crippen molar-refractivity contribution in [1.29, 1.82) is 5.26 Å². The molecule has 126 valence electrons. The van der Waals surface area contributed by atoms with Gasteiger partial charge in [0.25, 0.3) is 0 Å². The van der Waals surface area contributed by atoms with Gasteiger partial charge >= 0.3 is 0 Å². The van der Waals surface area contributed by atoms with E-state index < -0.39 is 0 Å². The van der Waals surface area contributed by atoms with E-state index in [1.807, 2.05) is 18.2 Å². The molecule has 0 saturated heterocycles. The van der Waals surface area contributed by atoms with E-state index >= 15 is 0 Å². The number of benzene rings is 1. The third-order valence-electron chi connectivity index (χ3n) is 5.18. The predicted octanol–water partition coefficient (Wildman–Crippen LogP) is 4.36. The average molecular weight is 322 g/mol. The van der Waals surface area contributed by atoms with Gasteiger partial charge in [0, 0.05) is 28.8 Å². The Morgan fingerprint density at radius 1 is 1.25 bits per heavy atom. The number of ketones is 1. The van der Waals surface area contributed by atoms with Gasteiger partial charge in [-0.05, 0) is 50.8 Å². The van der Waals surface area contributed by atoms with Gasteiger partial charge in [-0.15, -0.1) is 0 Å². The Labute approximate surface area is 144 Å². The zero-order valence-corrected chi connectivity index (χ0v) is 14.7. The van der Waals surface area contributed by atoms with Crippen LogP contribution < -0.4 is 5.32 Å². The minimum Gasteiger partial charge on any atom is -0.379 e. The molecule has 1 aliphatic heterocycles. The summed E-state index contributed by atoms with van der Waals surface area (Å²) in [6.07, 6.45) is 9.54. The highest BCUT2D eigenvalue weighted by atomic mass is 16.1. The molecule has 0 bridgehead atoms. The summed E-state index contributed by atoms with van der Waals surface area (Å²) in [5.74, 6) is 0.403. The Balaban J connectivity index is 1.94. The van der Waals surface area contributed by atoms with E-state index in [9.17, 15) is 10.1 Å². The fourth-order valence-corrected chi connectivity index (χ4v) is 3.94. The number of rotatable bonds is 2. The molecule has 1 fully saturated rings. The topological polar surface area (TPSA) is 52.9 Å². The van der Waals surface area contributed by atoms with Crippen LogP contribution in [-0.4, -0.2) is 11.3 Å². The normalized spacial score (nSPS) is 22.1. The van der Waals surface area contributed by atoms with Gasteiger partial charge in [-0.3, -0.25) is 4.79 Å². The van der Waals surface area contributed by atoms with Gasteiger partial charge in [0.1, 0.15) is 0 Å². The monoisotopic (exact) mass is 322 g/mol. The Bertz CT molecular complexity index is 701. The molecule has 0 spiro atoms. The molecule has 1 aliphatic carbocycles. The van der Waals surface area contributed by atoms with Crippen molar-refractivity contribution in [3.8, 4) is 6.07 Å². The molecule has 1 N–H and O–H groups in total. The number of nitriles is 1. The maximum Gasteiger partial charge on any atom is 0.160 e. The van der Waals surface area contributed by atoms with Gasteiger partial charge in [0.05, 0.1) is 11.6 Å². The number of allylic oxidation sites excluding steroid dienone is 1. The van der Waals surface area contributed by atoms with E-state index in [1.165, 1.54) is 18.4 Å². The highest BCUT2D eigenvalue weighted by Crippen LogP contribution is 2.31. The highest BCUT2D eigenvalue weighted by Gasteiger charge is 2.29. The molecule has 0 atom stereocenters. The van der Waals surface area contributed by atoms with Gasteiger partial charge in [0.15, 0.2) is 5.78 Å². The fraction of sp³-hybridized carbons (Fsp3) is 0.524. The van der Waals surface area contributed by atoms with E-state index in [0.29, 0.717) is 5.56 Å². The summed E-state index contributed by atoms with van der Waals surface area (Å²) in [7, 11) is 0. The summed E-state index contributed by atoms with van der Waals surface area (Å²) in [6, 6.07) is 8.00. The molecule has 0 aromatic heterocycles. The van der Waals surface area contributed by atoms with Crippen LogP contribution >= 0.6 is 0 Å². The molecule has 3 rings (SSSR count). The van der Waals surface area contributed by atoms with Crippen molar-refractivity contribution >= 4 is 11.5 Å². The van der Waals surface area contributed by atoms with Crippen molar-refractivity contribution in [3.05, 3.63) is 41.0 Å².